The van der Waals surface area contributed by atoms with Crippen LogP contribution >= 0.6 is 0 Å². The van der Waals surface area contributed by atoms with Gasteiger partial charge in [-0.05, 0) is 34.1 Å². The van der Waals surface area contributed by atoms with E-state index in [1.807, 2.05) is 32.6 Å². The van der Waals surface area contributed by atoms with Crippen LogP contribution in [0.4, 0.5) is 10.5 Å². The van der Waals surface area contributed by atoms with Crippen LogP contribution in [0.5, 0.6) is 0 Å². The highest BCUT2D eigenvalue weighted by molar-refractivity contribution is 5.93. The summed E-state index contributed by atoms with van der Waals surface area (Å²) in [6.45, 7) is 11.5. The number of nitrogens with one attached hydrogen (secondary N) is 1. The first-order valence-corrected chi connectivity index (χ1v) is 8.15. The second-order valence-corrected chi connectivity index (χ2v) is 6.95. The van der Waals surface area contributed by atoms with Gasteiger partial charge in [-0.3, -0.25) is 9.48 Å². The molecule has 1 aromatic rings. The summed E-state index contributed by atoms with van der Waals surface area (Å²) in [5.41, 5.74) is 0.271. The van der Waals surface area contributed by atoms with E-state index in [0.29, 0.717) is 12.2 Å². The van der Waals surface area contributed by atoms with Gasteiger partial charge in [0.05, 0.1) is 17.4 Å². The van der Waals surface area contributed by atoms with Gasteiger partial charge < -0.3 is 15.1 Å². The number of nitrogens with zero attached hydrogens (tertiary/aromatic N) is 4. The first kappa shape index (κ1) is 17.3. The van der Waals surface area contributed by atoms with Gasteiger partial charge in [0.1, 0.15) is 6.54 Å². The molecule has 1 saturated heterocycles. The Hall–Kier alpha value is -2.05. The first-order chi connectivity index (χ1) is 10.7. The molecule has 0 atom stereocenters. The number of piperazine rings is 1. The quantitative estimate of drug-likeness (QED) is 0.924. The third-order valence-corrected chi connectivity index (χ3v) is 3.97. The average Bonchev–Trinajstić information content (AvgIpc) is 2.84. The van der Waals surface area contributed by atoms with E-state index in [2.05, 4.69) is 17.3 Å². The fraction of sp³-hybridized carbons (Fsp3) is 0.688. The Kier molecular flexibility index (Phi) is 4.97. The molecule has 0 bridgehead atoms. The SMILES string of the molecule is CCCn1cc(NC(=O)N2CC(=O)N(C(C)C)C(C)(C)C2)cn1. The molecule has 7 heteroatoms. The van der Waals surface area contributed by atoms with E-state index < -0.39 is 0 Å². The molecule has 1 aromatic heterocycles. The number of aromatic nitrogens is 2. The Labute approximate surface area is 137 Å². The number of hydrogen-bond acceptors (Lipinski definition) is 3. The number of aryl methyl sites for hydroxylation is 1. The zero-order valence-electron chi connectivity index (χ0n) is 14.7. The lowest BCUT2D eigenvalue weighted by Gasteiger charge is -2.48. The summed E-state index contributed by atoms with van der Waals surface area (Å²) in [6, 6.07) is -0.138. The number of hydrogen-bond donors (Lipinski definition) is 1. The van der Waals surface area contributed by atoms with Crippen molar-refractivity contribution in [3.63, 3.8) is 0 Å². The number of urea groups is 1. The van der Waals surface area contributed by atoms with Crippen LogP contribution in [-0.2, 0) is 11.3 Å². The lowest BCUT2D eigenvalue weighted by molar-refractivity contribution is -0.145. The second-order valence-electron chi connectivity index (χ2n) is 6.95. The number of amides is 3. The summed E-state index contributed by atoms with van der Waals surface area (Å²) in [5, 5.41) is 7.02. The van der Waals surface area contributed by atoms with Crippen LogP contribution in [0, 0.1) is 0 Å². The molecule has 0 saturated carbocycles. The maximum Gasteiger partial charge on any atom is 0.322 e. The van der Waals surface area contributed by atoms with E-state index in [9.17, 15) is 9.59 Å². The molecule has 1 N–H and O–H groups in total. The summed E-state index contributed by atoms with van der Waals surface area (Å²) in [4.78, 5) is 28.3. The molecule has 1 aliphatic heterocycles. The third kappa shape index (κ3) is 3.83. The first-order valence-electron chi connectivity index (χ1n) is 8.15. The predicted octanol–water partition coefficient (Wildman–Crippen LogP) is 2.16. The highest BCUT2D eigenvalue weighted by atomic mass is 16.2. The molecule has 7 nitrogen and oxygen atoms in total. The highest BCUT2D eigenvalue weighted by Crippen LogP contribution is 2.24. The van der Waals surface area contributed by atoms with Crippen LogP contribution in [0.3, 0.4) is 0 Å². The van der Waals surface area contributed by atoms with Gasteiger partial charge in [0.15, 0.2) is 0 Å². The van der Waals surface area contributed by atoms with Crippen molar-refractivity contribution in [3.05, 3.63) is 12.4 Å². The lowest BCUT2D eigenvalue weighted by Crippen LogP contribution is -2.65. The molecule has 128 valence electrons. The normalized spacial score (nSPS) is 17.7. The molecule has 0 aromatic carbocycles. The van der Waals surface area contributed by atoms with Gasteiger partial charge in [-0.15, -0.1) is 0 Å². The summed E-state index contributed by atoms with van der Waals surface area (Å²) < 4.78 is 1.79. The largest absolute Gasteiger partial charge is 0.332 e. The molecule has 0 spiro atoms. The van der Waals surface area contributed by atoms with Crippen molar-refractivity contribution < 1.29 is 9.59 Å². The van der Waals surface area contributed by atoms with E-state index in [1.165, 1.54) is 0 Å². The summed E-state index contributed by atoms with van der Waals surface area (Å²) in [7, 11) is 0. The van der Waals surface area contributed by atoms with Crippen molar-refractivity contribution in [1.82, 2.24) is 19.6 Å². The number of anilines is 1. The van der Waals surface area contributed by atoms with Crippen molar-refractivity contribution >= 4 is 17.6 Å². The molecule has 2 heterocycles. The zero-order valence-corrected chi connectivity index (χ0v) is 14.7. The monoisotopic (exact) mass is 321 g/mol. The molecule has 23 heavy (non-hydrogen) atoms. The molecule has 0 unspecified atom stereocenters. The molecule has 1 aliphatic rings. The van der Waals surface area contributed by atoms with Crippen LogP contribution in [0.15, 0.2) is 12.4 Å². The topological polar surface area (TPSA) is 70.5 Å². The Morgan fingerprint density at radius 3 is 2.70 bits per heavy atom. The van der Waals surface area contributed by atoms with Gasteiger partial charge in [-0.2, -0.15) is 5.10 Å². The van der Waals surface area contributed by atoms with E-state index in [0.717, 1.165) is 13.0 Å². The fourth-order valence-electron chi connectivity index (χ4n) is 3.29. The second kappa shape index (κ2) is 6.60. The molecule has 0 aliphatic carbocycles. The summed E-state index contributed by atoms with van der Waals surface area (Å²) in [6.07, 6.45) is 4.42. The van der Waals surface area contributed by atoms with E-state index >= 15 is 0 Å². The Morgan fingerprint density at radius 2 is 2.13 bits per heavy atom. The van der Waals surface area contributed by atoms with Gasteiger partial charge in [0.25, 0.3) is 0 Å². The van der Waals surface area contributed by atoms with Crippen LogP contribution in [0.25, 0.3) is 0 Å². The minimum Gasteiger partial charge on any atom is -0.332 e. The Morgan fingerprint density at radius 1 is 1.43 bits per heavy atom. The van der Waals surface area contributed by atoms with Gasteiger partial charge in [0.2, 0.25) is 5.91 Å². The number of rotatable bonds is 4. The van der Waals surface area contributed by atoms with Gasteiger partial charge >= 0.3 is 6.03 Å². The molecule has 1 fully saturated rings. The van der Waals surface area contributed by atoms with Gasteiger partial charge in [-0.1, -0.05) is 6.92 Å². The molecule has 0 radical (unpaired) electrons. The molecular weight excluding hydrogens is 294 g/mol. The predicted molar refractivity (Wildman–Crippen MR) is 89.2 cm³/mol. The number of carbonyl (C=O) groups excluding carboxylic acids is 2. The zero-order chi connectivity index (χ0) is 17.2. The smallest absolute Gasteiger partial charge is 0.322 e. The van der Waals surface area contributed by atoms with Crippen LogP contribution in [0.1, 0.15) is 41.0 Å². The van der Waals surface area contributed by atoms with E-state index in [1.54, 1.807) is 22.0 Å². The van der Waals surface area contributed by atoms with E-state index in [-0.39, 0.29) is 30.1 Å². The van der Waals surface area contributed by atoms with E-state index in [4.69, 9.17) is 0 Å². The van der Waals surface area contributed by atoms with Gasteiger partial charge in [-0.25, -0.2) is 4.79 Å². The minimum atomic E-state index is -0.382. The summed E-state index contributed by atoms with van der Waals surface area (Å²) in [5.74, 6) is -0.0203. The lowest BCUT2D eigenvalue weighted by atomic mass is 9.96. The standard InChI is InChI=1S/C16H27N5O2/c1-6-7-20-9-13(8-17-20)18-15(23)19-10-14(22)21(12(2)3)16(4,5)11-19/h8-9,12H,6-7,10-11H2,1-5H3,(H,18,23). The molecule has 2 rings (SSSR count). The Bertz CT molecular complexity index is 579. The molecule has 3 amide bonds. The van der Waals surface area contributed by atoms with Gasteiger partial charge in [0, 0.05) is 25.3 Å². The Balaban J connectivity index is 2.04. The van der Waals surface area contributed by atoms with Crippen molar-refractivity contribution in [1.29, 1.82) is 0 Å². The third-order valence-electron chi connectivity index (χ3n) is 3.97. The molecular formula is C16H27N5O2. The van der Waals surface area contributed by atoms with Crippen LogP contribution < -0.4 is 5.32 Å². The van der Waals surface area contributed by atoms with Crippen LogP contribution in [0.2, 0.25) is 0 Å². The minimum absolute atomic E-state index is 0.0203. The maximum absolute atomic E-state index is 12.5. The average molecular weight is 321 g/mol. The van der Waals surface area contributed by atoms with Crippen molar-refractivity contribution in [2.24, 2.45) is 0 Å². The maximum atomic E-state index is 12.5. The van der Waals surface area contributed by atoms with Crippen molar-refractivity contribution in [2.45, 2.75) is 59.2 Å². The number of carbonyl (C=O) groups is 2. The highest BCUT2D eigenvalue weighted by Gasteiger charge is 2.41. The van der Waals surface area contributed by atoms with Crippen LogP contribution in [-0.4, -0.2) is 56.2 Å². The van der Waals surface area contributed by atoms with Crippen molar-refractivity contribution in [2.75, 3.05) is 18.4 Å². The summed E-state index contributed by atoms with van der Waals surface area (Å²) >= 11 is 0. The fourth-order valence-corrected chi connectivity index (χ4v) is 3.29. The van der Waals surface area contributed by atoms with Crippen molar-refractivity contribution in [3.8, 4) is 0 Å².